The van der Waals surface area contributed by atoms with Gasteiger partial charge < -0.3 is 4.42 Å². The Labute approximate surface area is 258 Å². The maximum absolute atomic E-state index is 8.49. The van der Waals surface area contributed by atoms with E-state index in [-0.39, 0.29) is 5.41 Å². The molecule has 0 N–H and O–H groups in total. The van der Waals surface area contributed by atoms with Crippen molar-refractivity contribution in [1.29, 1.82) is 0 Å². The smallest absolute Gasteiger partial charge is 0.209 e. The van der Waals surface area contributed by atoms with E-state index in [9.17, 15) is 0 Å². The largest absolute Gasteiger partial charge is 0.455 e. The summed E-state index contributed by atoms with van der Waals surface area (Å²) < 4.78 is 43.1. The molecule has 4 aromatic carbocycles. The van der Waals surface area contributed by atoms with Crippen LogP contribution in [0.2, 0.25) is 0 Å². The number of rotatable bonds is 4. The van der Waals surface area contributed by atoms with E-state index in [0.29, 0.717) is 0 Å². The fraction of sp³-hybridized carbons (Fsp3) is 0.108. The molecule has 0 saturated carbocycles. The van der Waals surface area contributed by atoms with Crippen molar-refractivity contribution < 1.29 is 37.9 Å². The third-order valence-corrected chi connectivity index (χ3v) is 8.21. The van der Waals surface area contributed by atoms with E-state index in [4.69, 9.17) is 23.1 Å². The topological polar surface area (TPSA) is 108 Å². The van der Waals surface area contributed by atoms with Crippen LogP contribution in [-0.4, -0.2) is 17.3 Å². The van der Waals surface area contributed by atoms with E-state index in [1.807, 2.05) is 6.07 Å². The van der Waals surface area contributed by atoms with Crippen LogP contribution in [-0.2, 0) is 5.41 Å². The lowest BCUT2D eigenvalue weighted by Gasteiger charge is -2.17. The summed E-state index contributed by atoms with van der Waals surface area (Å²) in [6.07, 6.45) is 4.55. The lowest BCUT2D eigenvalue weighted by molar-refractivity contribution is -2.00. The van der Waals surface area contributed by atoms with Crippen LogP contribution in [0.3, 0.4) is 0 Å². The van der Waals surface area contributed by atoms with Crippen molar-refractivity contribution in [2.45, 2.75) is 19.3 Å². The summed E-state index contributed by atoms with van der Waals surface area (Å²) in [5.74, 6) is 1.79. The highest BCUT2D eigenvalue weighted by atomic mass is 35.7. The van der Waals surface area contributed by atoms with Crippen molar-refractivity contribution in [2.24, 2.45) is 0 Å². The van der Waals surface area contributed by atoms with E-state index in [0.717, 1.165) is 28.2 Å². The SMILES string of the molecule is C[N+]1=C(/C=C/c2c3oc(-c4ccccc4)cc(-c4ccccc4)c-3c3ccccc23)C(C)(C)c2ccccc21.[O-][Cl+3]([O-])([O-])[O-]. The van der Waals surface area contributed by atoms with Gasteiger partial charge in [0.25, 0.3) is 0 Å². The van der Waals surface area contributed by atoms with Gasteiger partial charge in [0.15, 0.2) is 5.71 Å². The second-order valence-electron chi connectivity index (χ2n) is 11.2. The monoisotopic (exact) mass is 603 g/mol. The Kier molecular flexibility index (Phi) is 7.72. The quantitative estimate of drug-likeness (QED) is 0.268. The van der Waals surface area contributed by atoms with Gasteiger partial charge in [-0.1, -0.05) is 103 Å². The van der Waals surface area contributed by atoms with E-state index in [1.165, 1.54) is 38.9 Å². The molecule has 2 aliphatic heterocycles. The van der Waals surface area contributed by atoms with Gasteiger partial charge in [-0.15, -0.1) is 10.2 Å². The maximum Gasteiger partial charge on any atom is 0.209 e. The minimum absolute atomic E-state index is 0.0957. The summed E-state index contributed by atoms with van der Waals surface area (Å²) in [7, 11) is -2.78. The predicted molar refractivity (Wildman–Crippen MR) is 163 cm³/mol. The van der Waals surface area contributed by atoms with Gasteiger partial charge in [-0.3, -0.25) is 0 Å². The molecule has 0 bridgehead atoms. The van der Waals surface area contributed by atoms with Crippen LogP contribution >= 0.6 is 0 Å². The predicted octanol–water partition coefficient (Wildman–Crippen LogP) is 4.84. The molecule has 220 valence electrons. The molecule has 3 aliphatic rings. The standard InChI is InChI=1S/C37H30NO.ClHO4/c1-37(2)31-20-12-13-21-32(31)38(3)34(37)23-22-29-27-18-10-11-19-28(27)35-30(25-14-6-4-7-15-25)24-33(39-36(29)35)26-16-8-5-9-17-26;2-1(3,4)5/h4-24H,1-3H3;(H,2,3,4,5)/q+1;/p-1/b23-22+;. The number of fused-ring (bicyclic) bond motifs is 4. The molecule has 0 amide bonds. The first-order valence-electron chi connectivity index (χ1n) is 14.1. The fourth-order valence-corrected chi connectivity index (χ4v) is 6.25. The zero-order valence-corrected chi connectivity index (χ0v) is 25.2. The highest BCUT2D eigenvalue weighted by Gasteiger charge is 2.42. The average Bonchev–Trinajstić information content (AvgIpc) is 3.43. The molecule has 1 aliphatic carbocycles. The molecule has 0 saturated heterocycles. The first-order valence-corrected chi connectivity index (χ1v) is 15.4. The third-order valence-electron chi connectivity index (χ3n) is 8.21. The Bertz CT molecular complexity index is 1980. The highest BCUT2D eigenvalue weighted by molar-refractivity contribution is 6.14. The number of para-hydroxylation sites is 1. The summed E-state index contributed by atoms with van der Waals surface area (Å²) in [5, 5.41) is 2.41. The van der Waals surface area contributed by atoms with Gasteiger partial charge in [-0.25, -0.2) is 18.6 Å². The lowest BCUT2D eigenvalue weighted by atomic mass is 9.81. The molecule has 7 rings (SSSR count). The van der Waals surface area contributed by atoms with Crippen molar-refractivity contribution in [1.82, 2.24) is 0 Å². The lowest BCUT2D eigenvalue weighted by Crippen LogP contribution is -2.68. The molecular weight excluding hydrogens is 574 g/mol. The van der Waals surface area contributed by atoms with Gasteiger partial charge in [0, 0.05) is 34.4 Å². The Morgan fingerprint density at radius 2 is 1.23 bits per heavy atom. The Morgan fingerprint density at radius 3 is 1.86 bits per heavy atom. The molecular formula is C37H30ClNO5. The van der Waals surface area contributed by atoms with Crippen LogP contribution in [0.1, 0.15) is 25.0 Å². The molecule has 2 heterocycles. The Hall–Kier alpha value is -4.56. The normalized spacial score (nSPS) is 14.2. The van der Waals surface area contributed by atoms with Crippen LogP contribution in [0.4, 0.5) is 5.69 Å². The van der Waals surface area contributed by atoms with Gasteiger partial charge in [0.2, 0.25) is 5.69 Å². The van der Waals surface area contributed by atoms with E-state index in [1.54, 1.807) is 0 Å². The zero-order chi connectivity index (χ0) is 31.1. The fourth-order valence-electron chi connectivity index (χ4n) is 6.25. The minimum Gasteiger partial charge on any atom is -0.455 e. The number of hydrogen-bond acceptors (Lipinski definition) is 5. The van der Waals surface area contributed by atoms with Crippen LogP contribution in [0.15, 0.2) is 126 Å². The van der Waals surface area contributed by atoms with Crippen molar-refractivity contribution in [3.05, 3.63) is 132 Å². The van der Waals surface area contributed by atoms with Gasteiger partial charge >= 0.3 is 0 Å². The Balaban J connectivity index is 0.000000637. The van der Waals surface area contributed by atoms with Crippen LogP contribution in [0, 0.1) is 10.2 Å². The first-order chi connectivity index (χ1) is 21.0. The summed E-state index contributed by atoms with van der Waals surface area (Å²) in [6.45, 7) is 4.61. The highest BCUT2D eigenvalue weighted by Crippen LogP contribution is 2.48. The van der Waals surface area contributed by atoms with Gasteiger partial charge in [-0.05, 0) is 47.9 Å². The molecule has 0 spiro atoms. The molecule has 0 radical (unpaired) electrons. The number of nitrogens with zero attached hydrogens (tertiary/aromatic N) is 1. The van der Waals surface area contributed by atoms with E-state index >= 15 is 0 Å². The van der Waals surface area contributed by atoms with Crippen LogP contribution in [0.5, 0.6) is 0 Å². The van der Waals surface area contributed by atoms with Crippen molar-refractivity contribution in [3.8, 4) is 33.8 Å². The first kappa shape index (κ1) is 29.5. The molecule has 6 nitrogen and oxygen atoms in total. The maximum atomic E-state index is 8.49. The van der Waals surface area contributed by atoms with Crippen molar-refractivity contribution in [3.63, 3.8) is 0 Å². The van der Waals surface area contributed by atoms with E-state index in [2.05, 4.69) is 147 Å². The third kappa shape index (κ3) is 5.57. The zero-order valence-electron chi connectivity index (χ0n) is 24.5. The van der Waals surface area contributed by atoms with Gasteiger partial charge in [0.05, 0.1) is 5.41 Å². The molecule has 44 heavy (non-hydrogen) atoms. The van der Waals surface area contributed by atoms with Crippen molar-refractivity contribution >= 4 is 28.2 Å². The van der Waals surface area contributed by atoms with Crippen LogP contribution < -0.4 is 18.6 Å². The number of halogens is 1. The molecule has 0 atom stereocenters. The number of hydrogen-bond donors (Lipinski definition) is 0. The summed E-state index contributed by atoms with van der Waals surface area (Å²) in [4.78, 5) is 0. The molecule has 0 aromatic heterocycles. The van der Waals surface area contributed by atoms with E-state index < -0.39 is 10.2 Å². The van der Waals surface area contributed by atoms with Gasteiger partial charge in [0.1, 0.15) is 18.6 Å². The Morgan fingerprint density at radius 1 is 0.682 bits per heavy atom. The average molecular weight is 604 g/mol. The molecule has 7 heteroatoms. The number of benzene rings is 4. The molecule has 4 aromatic rings. The number of allylic oxidation sites excluding steroid dienone is 1. The van der Waals surface area contributed by atoms with Crippen LogP contribution in [0.25, 0.3) is 50.6 Å². The summed E-state index contributed by atoms with van der Waals surface area (Å²) in [6, 6.07) is 40.6. The molecule has 0 unspecified atom stereocenters. The summed E-state index contributed by atoms with van der Waals surface area (Å²) in [5.41, 5.74) is 9.50. The second kappa shape index (κ2) is 11.5. The summed E-state index contributed by atoms with van der Waals surface area (Å²) >= 11 is 0. The van der Waals surface area contributed by atoms with Gasteiger partial charge in [-0.2, -0.15) is 4.58 Å². The van der Waals surface area contributed by atoms with Crippen molar-refractivity contribution in [2.75, 3.05) is 7.05 Å². The second-order valence-corrected chi connectivity index (χ2v) is 12.0. The minimum atomic E-state index is -4.94. The molecule has 0 fully saturated rings.